The van der Waals surface area contributed by atoms with E-state index >= 15 is 0 Å². The van der Waals surface area contributed by atoms with Crippen LogP contribution in [0.2, 0.25) is 5.02 Å². The van der Waals surface area contributed by atoms with E-state index in [2.05, 4.69) is 21.1 Å². The van der Waals surface area contributed by atoms with Crippen molar-refractivity contribution < 1.29 is 17.9 Å². The number of thiazole rings is 1. The summed E-state index contributed by atoms with van der Waals surface area (Å²) in [6.45, 7) is 4.30. The molecule has 1 aromatic heterocycles. The Bertz CT molecular complexity index is 1270. The quantitative estimate of drug-likeness (QED) is 0.424. The molecule has 1 aliphatic carbocycles. The number of nitrogens with one attached hydrogen (secondary N) is 2. The van der Waals surface area contributed by atoms with Crippen LogP contribution >= 0.6 is 22.9 Å². The van der Waals surface area contributed by atoms with Crippen molar-refractivity contribution in [2.75, 3.05) is 0 Å². The number of amides is 1. The Morgan fingerprint density at radius 2 is 1.74 bits per heavy atom. The summed E-state index contributed by atoms with van der Waals surface area (Å²) in [5.41, 5.74) is 2.54. The molecule has 1 saturated carbocycles. The van der Waals surface area contributed by atoms with Crippen LogP contribution in [0.4, 0.5) is 0 Å². The van der Waals surface area contributed by atoms with Gasteiger partial charge in [0.15, 0.2) is 0 Å². The third kappa shape index (κ3) is 6.82. The van der Waals surface area contributed by atoms with Crippen molar-refractivity contribution in [2.45, 2.75) is 63.1 Å². The molecule has 0 saturated heterocycles. The molecule has 1 heterocycles. The van der Waals surface area contributed by atoms with Gasteiger partial charge in [-0.05, 0) is 74.2 Å². The monoisotopic (exact) mass is 533 g/mol. The van der Waals surface area contributed by atoms with Gasteiger partial charge < -0.3 is 10.1 Å². The molecule has 0 bridgehead atoms. The van der Waals surface area contributed by atoms with Crippen LogP contribution < -0.4 is 14.8 Å². The number of carbonyl (C=O) groups is 1. The Morgan fingerprint density at radius 3 is 2.43 bits per heavy atom. The van der Waals surface area contributed by atoms with Gasteiger partial charge in [0.05, 0.1) is 4.90 Å². The number of aromatic nitrogens is 1. The molecule has 0 unspecified atom stereocenters. The zero-order chi connectivity index (χ0) is 25.0. The summed E-state index contributed by atoms with van der Waals surface area (Å²) in [7, 11) is -3.74. The molecule has 2 atom stereocenters. The molecule has 0 radical (unpaired) electrons. The molecule has 1 aliphatic rings. The SMILES string of the molecule is Cc1cc(C)cc(OCc2nc(C(=O)N[C@@H]3CCCC[C@@H]3NS(=O)(=O)c3ccc(Cl)cc3)cs2)c1. The number of nitrogens with zero attached hydrogens (tertiary/aromatic N) is 1. The van der Waals surface area contributed by atoms with Gasteiger partial charge >= 0.3 is 0 Å². The van der Waals surface area contributed by atoms with E-state index in [1.165, 1.54) is 23.5 Å². The normalized spacial score (nSPS) is 18.3. The van der Waals surface area contributed by atoms with Gasteiger partial charge in [-0.1, -0.05) is 30.5 Å². The number of hydrogen-bond acceptors (Lipinski definition) is 6. The molecule has 0 spiro atoms. The first-order chi connectivity index (χ1) is 16.7. The Labute approximate surface area is 214 Å². The molecular weight excluding hydrogens is 506 g/mol. The van der Waals surface area contributed by atoms with Crippen molar-refractivity contribution in [3.8, 4) is 5.75 Å². The first-order valence-corrected chi connectivity index (χ1v) is 14.2. The van der Waals surface area contributed by atoms with Crippen LogP contribution in [0.1, 0.15) is 52.3 Å². The molecule has 0 aliphatic heterocycles. The minimum atomic E-state index is -3.74. The Kier molecular flexibility index (Phi) is 8.11. The molecular formula is C25H28ClN3O4S2. The van der Waals surface area contributed by atoms with Gasteiger partial charge in [0.2, 0.25) is 10.0 Å². The summed E-state index contributed by atoms with van der Waals surface area (Å²) < 4.78 is 34.3. The van der Waals surface area contributed by atoms with E-state index in [1.807, 2.05) is 26.0 Å². The summed E-state index contributed by atoms with van der Waals surface area (Å²) in [5, 5.41) is 5.85. The maximum atomic E-state index is 12.9. The van der Waals surface area contributed by atoms with Crippen molar-refractivity contribution in [3.63, 3.8) is 0 Å². The van der Waals surface area contributed by atoms with Crippen molar-refractivity contribution in [2.24, 2.45) is 0 Å². The average molecular weight is 534 g/mol. The molecule has 2 N–H and O–H groups in total. The summed E-state index contributed by atoms with van der Waals surface area (Å²) in [6, 6.07) is 11.3. The lowest BCUT2D eigenvalue weighted by molar-refractivity contribution is 0.0914. The minimum Gasteiger partial charge on any atom is -0.486 e. The van der Waals surface area contributed by atoms with Crippen LogP contribution in [0.5, 0.6) is 5.75 Å². The molecule has 4 rings (SSSR count). The number of hydrogen-bond donors (Lipinski definition) is 2. The van der Waals surface area contributed by atoms with E-state index in [0.717, 1.165) is 29.7 Å². The predicted molar refractivity (Wildman–Crippen MR) is 138 cm³/mol. The number of carbonyl (C=O) groups excluding carboxylic acids is 1. The fraction of sp³-hybridized carbons (Fsp3) is 0.360. The summed E-state index contributed by atoms with van der Waals surface area (Å²) in [6.07, 6.45) is 3.13. The molecule has 1 amide bonds. The highest BCUT2D eigenvalue weighted by Gasteiger charge is 2.31. The van der Waals surface area contributed by atoms with Crippen LogP contribution in [0.25, 0.3) is 0 Å². The van der Waals surface area contributed by atoms with Crippen LogP contribution in [-0.2, 0) is 16.6 Å². The van der Waals surface area contributed by atoms with E-state index < -0.39 is 16.1 Å². The van der Waals surface area contributed by atoms with Crippen LogP contribution in [-0.4, -0.2) is 31.4 Å². The molecule has 3 aromatic rings. The first kappa shape index (κ1) is 25.6. The second kappa shape index (κ2) is 11.1. The highest BCUT2D eigenvalue weighted by atomic mass is 35.5. The van der Waals surface area contributed by atoms with E-state index in [9.17, 15) is 13.2 Å². The highest BCUT2D eigenvalue weighted by Crippen LogP contribution is 2.23. The maximum Gasteiger partial charge on any atom is 0.271 e. The molecule has 35 heavy (non-hydrogen) atoms. The fourth-order valence-corrected chi connectivity index (χ4v) is 6.33. The third-order valence-corrected chi connectivity index (χ3v) is 8.43. The van der Waals surface area contributed by atoms with Gasteiger partial charge in [-0.2, -0.15) is 0 Å². The number of halogens is 1. The van der Waals surface area contributed by atoms with Gasteiger partial charge in [0, 0.05) is 22.5 Å². The first-order valence-electron chi connectivity index (χ1n) is 11.4. The number of sulfonamides is 1. The smallest absolute Gasteiger partial charge is 0.271 e. The molecule has 2 aromatic carbocycles. The van der Waals surface area contributed by atoms with Gasteiger partial charge in [0.1, 0.15) is 23.1 Å². The van der Waals surface area contributed by atoms with Gasteiger partial charge in [-0.15, -0.1) is 11.3 Å². The summed E-state index contributed by atoms with van der Waals surface area (Å²) >= 11 is 7.24. The fourth-order valence-electron chi connectivity index (χ4n) is 4.21. The Hall–Kier alpha value is -2.46. The van der Waals surface area contributed by atoms with Crippen LogP contribution in [0.15, 0.2) is 52.7 Å². The standard InChI is InChI=1S/C25H28ClN3O4S2/c1-16-11-17(2)13-19(12-16)33-14-24-27-23(15-34-24)25(30)28-21-5-3-4-6-22(21)29-35(31,32)20-9-7-18(26)8-10-20/h7-13,15,21-22,29H,3-6,14H2,1-2H3,(H,28,30)/t21-,22+/m1/s1. The summed E-state index contributed by atoms with van der Waals surface area (Å²) in [5.74, 6) is 0.447. The van der Waals surface area contributed by atoms with Crippen molar-refractivity contribution in [1.29, 1.82) is 0 Å². The number of aryl methyl sites for hydroxylation is 2. The van der Waals surface area contributed by atoms with Crippen molar-refractivity contribution in [3.05, 3.63) is 74.7 Å². The Morgan fingerprint density at radius 1 is 1.09 bits per heavy atom. The number of ether oxygens (including phenoxy) is 1. The minimum absolute atomic E-state index is 0.144. The predicted octanol–water partition coefficient (Wildman–Crippen LogP) is 5.01. The van der Waals surface area contributed by atoms with Gasteiger partial charge in [-0.3, -0.25) is 4.79 Å². The molecule has 1 fully saturated rings. The van der Waals surface area contributed by atoms with E-state index in [-0.39, 0.29) is 23.5 Å². The van der Waals surface area contributed by atoms with E-state index in [1.54, 1.807) is 17.5 Å². The number of rotatable bonds is 8. The van der Waals surface area contributed by atoms with E-state index in [4.69, 9.17) is 16.3 Å². The van der Waals surface area contributed by atoms with Crippen LogP contribution in [0.3, 0.4) is 0 Å². The molecule has 7 nitrogen and oxygen atoms in total. The van der Waals surface area contributed by atoms with Gasteiger partial charge in [-0.25, -0.2) is 18.1 Å². The zero-order valence-corrected chi connectivity index (χ0v) is 22.0. The van der Waals surface area contributed by atoms with Crippen molar-refractivity contribution >= 4 is 38.9 Å². The second-order valence-corrected chi connectivity index (χ2v) is 11.9. The zero-order valence-electron chi connectivity index (χ0n) is 19.6. The Balaban J connectivity index is 1.38. The van der Waals surface area contributed by atoms with Crippen LogP contribution in [0, 0.1) is 13.8 Å². The van der Waals surface area contributed by atoms with E-state index in [0.29, 0.717) is 28.6 Å². The highest BCUT2D eigenvalue weighted by molar-refractivity contribution is 7.89. The average Bonchev–Trinajstić information content (AvgIpc) is 3.28. The maximum absolute atomic E-state index is 12.9. The lowest BCUT2D eigenvalue weighted by Gasteiger charge is -2.32. The van der Waals surface area contributed by atoms with Crippen molar-refractivity contribution in [1.82, 2.24) is 15.0 Å². The second-order valence-electron chi connectivity index (χ2n) is 8.78. The largest absolute Gasteiger partial charge is 0.486 e. The molecule has 186 valence electrons. The third-order valence-electron chi connectivity index (χ3n) is 5.85. The lowest BCUT2D eigenvalue weighted by atomic mass is 9.91. The molecule has 10 heteroatoms. The topological polar surface area (TPSA) is 97.4 Å². The van der Waals surface area contributed by atoms with Gasteiger partial charge in [0.25, 0.3) is 5.91 Å². The number of benzene rings is 2. The summed E-state index contributed by atoms with van der Waals surface area (Å²) in [4.78, 5) is 17.5. The lowest BCUT2D eigenvalue weighted by Crippen LogP contribution is -2.53.